The fraction of sp³-hybridized carbons (Fsp3) is 0.190. The molecule has 0 aliphatic carbocycles. The van der Waals surface area contributed by atoms with Crippen LogP contribution in [0.5, 0.6) is 0 Å². The molecular weight excluding hydrogens is 376 g/mol. The molecular formula is C21H22N2O4S. The molecule has 1 amide bonds. The maximum absolute atomic E-state index is 12.5. The summed E-state index contributed by atoms with van der Waals surface area (Å²) in [4.78, 5) is 12.7. The van der Waals surface area contributed by atoms with E-state index in [1.807, 2.05) is 36.4 Å². The van der Waals surface area contributed by atoms with Crippen molar-refractivity contribution in [3.8, 4) is 0 Å². The van der Waals surface area contributed by atoms with Crippen molar-refractivity contribution in [2.75, 3.05) is 7.05 Å². The number of rotatable bonds is 8. The van der Waals surface area contributed by atoms with Crippen molar-refractivity contribution < 1.29 is 17.6 Å². The van der Waals surface area contributed by atoms with E-state index >= 15 is 0 Å². The van der Waals surface area contributed by atoms with Crippen molar-refractivity contribution in [3.63, 3.8) is 0 Å². The van der Waals surface area contributed by atoms with Crippen LogP contribution in [0.1, 0.15) is 29.3 Å². The number of sulfonamides is 1. The van der Waals surface area contributed by atoms with Crippen LogP contribution >= 0.6 is 0 Å². The van der Waals surface area contributed by atoms with Crippen molar-refractivity contribution in [3.05, 3.63) is 89.9 Å². The van der Waals surface area contributed by atoms with Gasteiger partial charge in [-0.1, -0.05) is 42.5 Å². The van der Waals surface area contributed by atoms with Crippen LogP contribution in [0.25, 0.3) is 0 Å². The predicted octanol–water partition coefficient (Wildman–Crippen LogP) is 3.03. The van der Waals surface area contributed by atoms with E-state index in [2.05, 4.69) is 10.0 Å². The van der Waals surface area contributed by atoms with E-state index in [4.69, 9.17) is 4.42 Å². The number of hydrogen-bond acceptors (Lipinski definition) is 4. The Morgan fingerprint density at radius 2 is 1.71 bits per heavy atom. The monoisotopic (exact) mass is 398 g/mol. The quantitative estimate of drug-likeness (QED) is 0.610. The SMILES string of the molecule is CNS(=O)(=O)c1ccc(CCC(=O)NC(c2ccccc2)c2ccco2)cc1. The van der Waals surface area contributed by atoms with Gasteiger partial charge in [0.15, 0.2) is 0 Å². The van der Waals surface area contributed by atoms with E-state index < -0.39 is 10.0 Å². The van der Waals surface area contributed by atoms with Gasteiger partial charge < -0.3 is 9.73 Å². The van der Waals surface area contributed by atoms with Gasteiger partial charge in [-0.15, -0.1) is 0 Å². The molecule has 3 aromatic rings. The number of aryl methyl sites for hydroxylation is 1. The molecule has 0 saturated carbocycles. The molecule has 7 heteroatoms. The first-order chi connectivity index (χ1) is 13.5. The minimum atomic E-state index is -3.46. The molecule has 0 bridgehead atoms. The molecule has 0 aliphatic heterocycles. The molecule has 2 N–H and O–H groups in total. The summed E-state index contributed by atoms with van der Waals surface area (Å²) < 4.78 is 31.3. The summed E-state index contributed by atoms with van der Waals surface area (Å²) in [6, 6.07) is 19.4. The van der Waals surface area contributed by atoms with E-state index in [0.29, 0.717) is 12.2 Å². The Morgan fingerprint density at radius 1 is 1.00 bits per heavy atom. The van der Waals surface area contributed by atoms with Gasteiger partial charge >= 0.3 is 0 Å². The van der Waals surface area contributed by atoms with Crippen LogP contribution in [-0.4, -0.2) is 21.4 Å². The summed E-state index contributed by atoms with van der Waals surface area (Å²) in [5.41, 5.74) is 1.83. The zero-order chi connectivity index (χ0) is 20.0. The largest absolute Gasteiger partial charge is 0.467 e. The summed E-state index contributed by atoms with van der Waals surface area (Å²) in [6.45, 7) is 0. The minimum Gasteiger partial charge on any atom is -0.467 e. The Morgan fingerprint density at radius 3 is 2.32 bits per heavy atom. The van der Waals surface area contributed by atoms with Gasteiger partial charge in [0.1, 0.15) is 11.8 Å². The fourth-order valence-corrected chi connectivity index (χ4v) is 3.59. The van der Waals surface area contributed by atoms with Crippen LogP contribution in [0.3, 0.4) is 0 Å². The second kappa shape index (κ2) is 8.86. The van der Waals surface area contributed by atoms with Crippen LogP contribution in [0, 0.1) is 0 Å². The van der Waals surface area contributed by atoms with Gasteiger partial charge in [-0.2, -0.15) is 0 Å². The second-order valence-corrected chi connectivity index (χ2v) is 8.16. The van der Waals surface area contributed by atoms with Crippen molar-refractivity contribution in [1.29, 1.82) is 0 Å². The Balaban J connectivity index is 1.64. The molecule has 3 rings (SSSR count). The molecule has 146 valence electrons. The summed E-state index contributed by atoms with van der Waals surface area (Å²) in [6.07, 6.45) is 2.37. The van der Waals surface area contributed by atoms with Crippen LogP contribution < -0.4 is 10.0 Å². The molecule has 1 heterocycles. The third kappa shape index (κ3) is 4.88. The molecule has 28 heavy (non-hydrogen) atoms. The van der Waals surface area contributed by atoms with Crippen molar-refractivity contribution >= 4 is 15.9 Å². The molecule has 2 aromatic carbocycles. The van der Waals surface area contributed by atoms with Crippen LogP contribution in [0.15, 0.2) is 82.3 Å². The zero-order valence-corrected chi connectivity index (χ0v) is 16.3. The van der Waals surface area contributed by atoms with E-state index in [1.54, 1.807) is 24.5 Å². The number of hydrogen-bond donors (Lipinski definition) is 2. The number of carbonyl (C=O) groups excluding carboxylic acids is 1. The number of nitrogens with one attached hydrogen (secondary N) is 2. The molecule has 0 aliphatic rings. The van der Waals surface area contributed by atoms with Gasteiger partial charge in [0.2, 0.25) is 15.9 Å². The van der Waals surface area contributed by atoms with Gasteiger partial charge in [0.05, 0.1) is 11.2 Å². The molecule has 1 atom stereocenters. The normalized spacial score (nSPS) is 12.5. The van der Waals surface area contributed by atoms with Gasteiger partial charge in [0, 0.05) is 6.42 Å². The molecule has 0 spiro atoms. The first-order valence-electron chi connectivity index (χ1n) is 8.90. The van der Waals surface area contributed by atoms with Crippen LogP contribution in [0.2, 0.25) is 0 Å². The molecule has 1 unspecified atom stereocenters. The third-order valence-electron chi connectivity index (χ3n) is 4.41. The highest BCUT2D eigenvalue weighted by Gasteiger charge is 2.19. The Labute approximate surface area is 164 Å². The predicted molar refractivity (Wildman–Crippen MR) is 106 cm³/mol. The number of furan rings is 1. The lowest BCUT2D eigenvalue weighted by molar-refractivity contribution is -0.121. The highest BCUT2D eigenvalue weighted by atomic mass is 32.2. The van der Waals surface area contributed by atoms with Crippen molar-refractivity contribution in [1.82, 2.24) is 10.0 Å². The van der Waals surface area contributed by atoms with Crippen molar-refractivity contribution in [2.45, 2.75) is 23.8 Å². The van der Waals surface area contributed by atoms with Gasteiger partial charge in [0.25, 0.3) is 0 Å². The average Bonchev–Trinajstić information content (AvgIpc) is 3.26. The van der Waals surface area contributed by atoms with Crippen LogP contribution in [0.4, 0.5) is 0 Å². The molecule has 0 fully saturated rings. The smallest absolute Gasteiger partial charge is 0.240 e. The number of amides is 1. The maximum atomic E-state index is 12.5. The van der Waals surface area contributed by atoms with Crippen molar-refractivity contribution in [2.24, 2.45) is 0 Å². The standard InChI is InChI=1S/C21H22N2O4S/c1-22-28(25,26)18-12-9-16(10-13-18)11-14-20(24)23-21(19-8-5-15-27-19)17-6-3-2-4-7-17/h2-10,12-13,15,21-22H,11,14H2,1H3,(H,23,24). The lowest BCUT2D eigenvalue weighted by atomic mass is 10.0. The highest BCUT2D eigenvalue weighted by Crippen LogP contribution is 2.22. The lowest BCUT2D eigenvalue weighted by Gasteiger charge is -2.17. The minimum absolute atomic E-state index is 0.114. The van der Waals surface area contributed by atoms with Gasteiger partial charge in [-0.25, -0.2) is 13.1 Å². The fourth-order valence-electron chi connectivity index (χ4n) is 2.86. The maximum Gasteiger partial charge on any atom is 0.240 e. The average molecular weight is 398 g/mol. The van der Waals surface area contributed by atoms with Crippen LogP contribution in [-0.2, 0) is 21.2 Å². The number of carbonyl (C=O) groups is 1. The van der Waals surface area contributed by atoms with E-state index in [-0.39, 0.29) is 23.3 Å². The molecule has 0 saturated heterocycles. The highest BCUT2D eigenvalue weighted by molar-refractivity contribution is 7.89. The topological polar surface area (TPSA) is 88.4 Å². The van der Waals surface area contributed by atoms with E-state index in [0.717, 1.165) is 11.1 Å². The van der Waals surface area contributed by atoms with E-state index in [1.165, 1.54) is 19.2 Å². The zero-order valence-electron chi connectivity index (χ0n) is 15.5. The number of benzene rings is 2. The summed E-state index contributed by atoms with van der Waals surface area (Å²) in [7, 11) is -2.09. The Hall–Kier alpha value is -2.90. The molecule has 1 aromatic heterocycles. The second-order valence-electron chi connectivity index (χ2n) is 6.28. The lowest BCUT2D eigenvalue weighted by Crippen LogP contribution is -2.29. The first kappa shape index (κ1) is 19.9. The third-order valence-corrected chi connectivity index (χ3v) is 5.84. The summed E-state index contributed by atoms with van der Waals surface area (Å²) in [5.74, 6) is 0.554. The Kier molecular flexibility index (Phi) is 6.28. The van der Waals surface area contributed by atoms with E-state index in [9.17, 15) is 13.2 Å². The first-order valence-corrected chi connectivity index (χ1v) is 10.4. The summed E-state index contributed by atoms with van der Waals surface area (Å²) in [5, 5.41) is 3.01. The van der Waals surface area contributed by atoms with Gasteiger partial charge in [-0.3, -0.25) is 4.79 Å². The molecule has 0 radical (unpaired) electrons. The van der Waals surface area contributed by atoms with Gasteiger partial charge in [-0.05, 0) is 48.9 Å². The molecule has 6 nitrogen and oxygen atoms in total. The summed E-state index contributed by atoms with van der Waals surface area (Å²) >= 11 is 0. The Bertz CT molecular complexity index is 998.